The van der Waals surface area contributed by atoms with Gasteiger partial charge in [-0.2, -0.15) is 0 Å². The van der Waals surface area contributed by atoms with Crippen LogP contribution in [0.5, 0.6) is 0 Å². The maximum atomic E-state index is 10.6. The van der Waals surface area contributed by atoms with E-state index in [1.54, 1.807) is 12.1 Å². The summed E-state index contributed by atoms with van der Waals surface area (Å²) < 4.78 is 16.3. The van der Waals surface area contributed by atoms with Crippen molar-refractivity contribution in [3.8, 4) is 0 Å². The zero-order valence-corrected chi connectivity index (χ0v) is 13.0. The van der Waals surface area contributed by atoms with E-state index in [2.05, 4.69) is 4.98 Å². The Balaban J connectivity index is 0.000000136. The van der Waals surface area contributed by atoms with Crippen LogP contribution in [0.25, 0.3) is 11.1 Å². The van der Waals surface area contributed by atoms with E-state index in [1.165, 1.54) is 38.1 Å². The second kappa shape index (κ2) is 7.10. The minimum atomic E-state index is -0.991. The van der Waals surface area contributed by atoms with Crippen molar-refractivity contribution in [2.75, 3.05) is 13.2 Å². The van der Waals surface area contributed by atoms with Crippen molar-refractivity contribution in [2.45, 2.75) is 44.3 Å². The largest absolute Gasteiger partial charge is 0.478 e. The third kappa shape index (κ3) is 3.71. The van der Waals surface area contributed by atoms with Crippen molar-refractivity contribution in [2.24, 2.45) is 0 Å². The van der Waals surface area contributed by atoms with Crippen molar-refractivity contribution in [3.63, 3.8) is 0 Å². The summed E-state index contributed by atoms with van der Waals surface area (Å²) in [5.41, 5.74) is 1.06. The third-order valence-electron chi connectivity index (χ3n) is 4.23. The zero-order valence-electron chi connectivity index (χ0n) is 13.0. The number of fused-ring (bicyclic) bond motifs is 1. The van der Waals surface area contributed by atoms with Crippen LogP contribution in [0.15, 0.2) is 29.0 Å². The fourth-order valence-electron chi connectivity index (χ4n) is 3.02. The summed E-state index contributed by atoms with van der Waals surface area (Å²) in [6.07, 6.45) is 8.45. The number of oxazole rings is 1. The molecular formula is C17H21NO5. The number of rotatable bonds is 1. The first kappa shape index (κ1) is 16.0. The van der Waals surface area contributed by atoms with E-state index in [9.17, 15) is 4.79 Å². The molecule has 1 spiro atoms. The van der Waals surface area contributed by atoms with Gasteiger partial charge in [0.2, 0.25) is 0 Å². The van der Waals surface area contributed by atoms with Gasteiger partial charge in [0, 0.05) is 12.8 Å². The average molecular weight is 319 g/mol. The molecule has 2 aromatic rings. The Morgan fingerprint density at radius 1 is 1.09 bits per heavy atom. The zero-order chi connectivity index (χ0) is 16.1. The van der Waals surface area contributed by atoms with Crippen LogP contribution in [0.1, 0.15) is 48.9 Å². The Hall–Kier alpha value is -1.92. The molecule has 6 heteroatoms. The van der Waals surface area contributed by atoms with E-state index in [4.69, 9.17) is 19.0 Å². The summed E-state index contributed by atoms with van der Waals surface area (Å²) in [7, 11) is 0. The number of ether oxygens (including phenoxy) is 2. The highest BCUT2D eigenvalue weighted by molar-refractivity contribution is 6.00. The minimum absolute atomic E-state index is 0.142. The first-order valence-electron chi connectivity index (χ1n) is 8.04. The number of nitrogens with zero attached hydrogens (tertiary/aromatic N) is 1. The number of para-hydroxylation sites is 1. The van der Waals surface area contributed by atoms with Crippen molar-refractivity contribution < 1.29 is 23.8 Å². The van der Waals surface area contributed by atoms with E-state index in [-0.39, 0.29) is 11.4 Å². The predicted molar refractivity (Wildman–Crippen MR) is 83.3 cm³/mol. The van der Waals surface area contributed by atoms with Crippen LogP contribution < -0.4 is 0 Å². The Morgan fingerprint density at radius 2 is 1.78 bits per heavy atom. The second-order valence-electron chi connectivity index (χ2n) is 5.83. The Labute approximate surface area is 134 Å². The van der Waals surface area contributed by atoms with Crippen LogP contribution in [-0.2, 0) is 9.47 Å². The first-order valence-corrected chi connectivity index (χ1v) is 8.04. The Bertz CT molecular complexity index is 634. The Kier molecular flexibility index (Phi) is 4.93. The van der Waals surface area contributed by atoms with Gasteiger partial charge in [-0.1, -0.05) is 6.07 Å². The number of benzene rings is 1. The summed E-state index contributed by atoms with van der Waals surface area (Å²) in [6, 6.07) is 4.79. The molecule has 0 amide bonds. The van der Waals surface area contributed by atoms with Gasteiger partial charge < -0.3 is 19.0 Å². The maximum absolute atomic E-state index is 10.6. The molecular weight excluding hydrogens is 298 g/mol. The molecule has 23 heavy (non-hydrogen) atoms. The minimum Gasteiger partial charge on any atom is -0.478 e. The topological polar surface area (TPSA) is 81.8 Å². The molecule has 2 aliphatic rings. The van der Waals surface area contributed by atoms with E-state index < -0.39 is 5.97 Å². The van der Waals surface area contributed by atoms with Crippen molar-refractivity contribution >= 4 is 17.1 Å². The lowest BCUT2D eigenvalue weighted by Gasteiger charge is -2.39. The third-order valence-corrected chi connectivity index (χ3v) is 4.23. The number of carboxylic acids is 1. The fourth-order valence-corrected chi connectivity index (χ4v) is 3.02. The number of carbonyl (C=O) groups is 1. The number of aromatic carboxylic acids is 1. The SMILES string of the molecule is C1CCC2(CCCCO2)OC1.O=C(O)c1cccc2ocnc12. The summed E-state index contributed by atoms with van der Waals surface area (Å²) in [5, 5.41) is 8.72. The van der Waals surface area contributed by atoms with Gasteiger partial charge in [0.1, 0.15) is 5.52 Å². The van der Waals surface area contributed by atoms with Gasteiger partial charge in [-0.05, 0) is 37.8 Å². The highest BCUT2D eigenvalue weighted by Gasteiger charge is 2.35. The van der Waals surface area contributed by atoms with Gasteiger partial charge >= 0.3 is 5.97 Å². The fraction of sp³-hybridized carbons (Fsp3) is 0.529. The van der Waals surface area contributed by atoms with Crippen molar-refractivity contribution in [3.05, 3.63) is 30.2 Å². The average Bonchev–Trinajstić information content (AvgIpc) is 3.05. The second-order valence-corrected chi connectivity index (χ2v) is 5.83. The predicted octanol–water partition coefficient (Wildman–Crippen LogP) is 3.61. The van der Waals surface area contributed by atoms with Crippen LogP contribution in [0.3, 0.4) is 0 Å². The smallest absolute Gasteiger partial charge is 0.338 e. The number of hydrogen-bond donors (Lipinski definition) is 1. The normalized spacial score (nSPS) is 20.0. The first-order chi connectivity index (χ1) is 11.2. The molecule has 0 saturated carbocycles. The number of hydrogen-bond acceptors (Lipinski definition) is 5. The molecule has 2 aliphatic heterocycles. The van der Waals surface area contributed by atoms with E-state index >= 15 is 0 Å². The molecule has 1 aromatic carbocycles. The maximum Gasteiger partial charge on any atom is 0.338 e. The van der Waals surface area contributed by atoms with E-state index in [0.717, 1.165) is 26.1 Å². The van der Waals surface area contributed by atoms with Crippen LogP contribution >= 0.6 is 0 Å². The molecule has 0 unspecified atom stereocenters. The highest BCUT2D eigenvalue weighted by atomic mass is 16.7. The van der Waals surface area contributed by atoms with Gasteiger partial charge in [0.15, 0.2) is 17.8 Å². The lowest BCUT2D eigenvalue weighted by atomic mass is 9.97. The van der Waals surface area contributed by atoms with Crippen LogP contribution in [-0.4, -0.2) is 35.1 Å². The molecule has 0 aliphatic carbocycles. The molecule has 1 aromatic heterocycles. The van der Waals surface area contributed by atoms with Crippen molar-refractivity contribution in [1.82, 2.24) is 4.98 Å². The number of carboxylic acid groups (broad SMARTS) is 1. The molecule has 2 saturated heterocycles. The summed E-state index contributed by atoms with van der Waals surface area (Å²) in [4.78, 5) is 14.4. The molecule has 0 bridgehead atoms. The van der Waals surface area contributed by atoms with Gasteiger partial charge in [-0.15, -0.1) is 0 Å². The molecule has 124 valence electrons. The molecule has 0 radical (unpaired) electrons. The molecule has 4 rings (SSSR count). The standard InChI is InChI=1S/C9H16O2.C8H5NO3/c1-3-7-10-9(5-1)6-2-4-8-11-9;10-8(11)5-2-1-3-6-7(5)9-4-12-6/h1-8H2;1-4H,(H,10,11). The van der Waals surface area contributed by atoms with Crippen LogP contribution in [0, 0.1) is 0 Å². The van der Waals surface area contributed by atoms with E-state index in [1.807, 2.05) is 0 Å². The number of aromatic nitrogens is 1. The summed E-state index contributed by atoms with van der Waals surface area (Å²) in [5.74, 6) is -1.13. The van der Waals surface area contributed by atoms with Gasteiger partial charge in [-0.25, -0.2) is 9.78 Å². The summed E-state index contributed by atoms with van der Waals surface area (Å²) >= 11 is 0. The monoisotopic (exact) mass is 319 g/mol. The molecule has 1 N–H and O–H groups in total. The van der Waals surface area contributed by atoms with Crippen LogP contribution in [0.4, 0.5) is 0 Å². The molecule has 2 fully saturated rings. The van der Waals surface area contributed by atoms with E-state index in [0.29, 0.717) is 11.1 Å². The quantitative estimate of drug-likeness (QED) is 0.864. The molecule has 0 atom stereocenters. The van der Waals surface area contributed by atoms with Crippen LogP contribution in [0.2, 0.25) is 0 Å². The highest BCUT2D eigenvalue weighted by Crippen LogP contribution is 2.34. The Morgan fingerprint density at radius 3 is 2.35 bits per heavy atom. The van der Waals surface area contributed by atoms with Gasteiger partial charge in [-0.3, -0.25) is 0 Å². The van der Waals surface area contributed by atoms with Gasteiger partial charge in [0.25, 0.3) is 0 Å². The molecule has 6 nitrogen and oxygen atoms in total. The molecule has 3 heterocycles. The lowest BCUT2D eigenvalue weighted by molar-refractivity contribution is -0.272. The lowest BCUT2D eigenvalue weighted by Crippen LogP contribution is -2.41. The summed E-state index contributed by atoms with van der Waals surface area (Å²) in [6.45, 7) is 1.81. The van der Waals surface area contributed by atoms with Gasteiger partial charge in [0.05, 0.1) is 18.8 Å². The van der Waals surface area contributed by atoms with Crippen molar-refractivity contribution in [1.29, 1.82) is 0 Å².